The first-order valence-corrected chi connectivity index (χ1v) is 8.66. The molecule has 1 heterocycles. The van der Waals surface area contributed by atoms with Crippen molar-refractivity contribution in [1.29, 1.82) is 0 Å². The second-order valence-corrected chi connectivity index (χ2v) is 8.03. The van der Waals surface area contributed by atoms with Gasteiger partial charge in [-0.25, -0.2) is 4.99 Å². The molecule has 1 aliphatic rings. The first kappa shape index (κ1) is 15.2. The van der Waals surface area contributed by atoms with Crippen molar-refractivity contribution in [2.24, 2.45) is 10.4 Å². The largest absolute Gasteiger partial charge is 0.475 e. The summed E-state index contributed by atoms with van der Waals surface area (Å²) in [4.78, 5) is 4.83. The maximum absolute atomic E-state index is 5.91. The Balaban J connectivity index is 1.89. The van der Waals surface area contributed by atoms with E-state index in [1.807, 2.05) is 0 Å². The molecule has 0 saturated heterocycles. The highest BCUT2D eigenvalue weighted by molar-refractivity contribution is 7.55. The molecule has 2 aromatic carbocycles. The fraction of sp³-hybridized carbons (Fsp3) is 0.316. The molecular weight excluding hydrogens is 289 g/mol. The summed E-state index contributed by atoms with van der Waals surface area (Å²) in [5.74, 6) is 0.805. The van der Waals surface area contributed by atoms with Crippen molar-refractivity contribution in [2.75, 3.05) is 6.61 Å². The zero-order valence-corrected chi connectivity index (χ0v) is 14.3. The van der Waals surface area contributed by atoms with Crippen LogP contribution in [0.3, 0.4) is 0 Å². The van der Waals surface area contributed by atoms with E-state index in [0.717, 1.165) is 11.5 Å². The monoisotopic (exact) mass is 311 g/mol. The summed E-state index contributed by atoms with van der Waals surface area (Å²) in [5, 5.41) is 2.63. The Morgan fingerprint density at radius 1 is 1.00 bits per heavy atom. The van der Waals surface area contributed by atoms with Gasteiger partial charge in [0, 0.05) is 5.56 Å². The average molecular weight is 311 g/mol. The highest BCUT2D eigenvalue weighted by Crippen LogP contribution is 2.27. The second kappa shape index (κ2) is 6.22. The quantitative estimate of drug-likeness (QED) is 0.795. The summed E-state index contributed by atoms with van der Waals surface area (Å²) in [6.07, 6.45) is 0. The molecule has 3 rings (SSSR count). The van der Waals surface area contributed by atoms with Crippen LogP contribution in [0, 0.1) is 5.41 Å². The molecule has 0 aliphatic carbocycles. The maximum atomic E-state index is 5.91. The third-order valence-corrected chi connectivity index (χ3v) is 5.19. The molecule has 0 N–H and O–H groups in total. The molecule has 0 spiro atoms. The molecule has 1 unspecified atom stereocenters. The number of hydrogen-bond acceptors (Lipinski definition) is 2. The molecule has 0 amide bonds. The van der Waals surface area contributed by atoms with Gasteiger partial charge in [0.15, 0.2) is 0 Å². The fourth-order valence-corrected chi connectivity index (χ4v) is 3.60. The minimum absolute atomic E-state index is 0.137. The number of ether oxygens (including phenoxy) is 1. The molecule has 114 valence electrons. The number of rotatable bonds is 3. The minimum Gasteiger partial charge on any atom is -0.475 e. The second-order valence-electron chi connectivity index (χ2n) is 6.66. The lowest BCUT2D eigenvalue weighted by molar-refractivity contribution is 0.236. The molecule has 0 radical (unpaired) electrons. The average Bonchev–Trinajstić information content (AvgIpc) is 2.99. The van der Waals surface area contributed by atoms with E-state index in [1.54, 1.807) is 0 Å². The lowest BCUT2D eigenvalue weighted by atomic mass is 9.88. The van der Waals surface area contributed by atoms with E-state index >= 15 is 0 Å². The van der Waals surface area contributed by atoms with Gasteiger partial charge >= 0.3 is 0 Å². The molecule has 0 aromatic heterocycles. The van der Waals surface area contributed by atoms with Crippen molar-refractivity contribution in [3.8, 4) is 0 Å². The van der Waals surface area contributed by atoms with Gasteiger partial charge in [-0.05, 0) is 22.1 Å². The van der Waals surface area contributed by atoms with E-state index in [9.17, 15) is 0 Å². The Kier molecular flexibility index (Phi) is 4.31. The van der Waals surface area contributed by atoms with Gasteiger partial charge in [0.05, 0.1) is 6.04 Å². The standard InChI is InChI=1S/C19H22NOP/c1-19(2,3)17-13-21-18(20-17)15-11-7-8-12-16(15)22-14-9-5-4-6-10-14/h4-12,17,22H,13H2,1-3H3/t17-/m1/s1. The number of hydrogen-bond donors (Lipinski definition) is 0. The highest BCUT2D eigenvalue weighted by atomic mass is 31.1. The normalized spacial score (nSPS) is 18.5. The third kappa shape index (κ3) is 3.39. The first-order valence-electron chi connectivity index (χ1n) is 7.66. The van der Waals surface area contributed by atoms with Crippen LogP contribution in [-0.2, 0) is 4.74 Å². The Bertz CT molecular complexity index is 673. The van der Waals surface area contributed by atoms with Crippen LogP contribution >= 0.6 is 8.58 Å². The SMILES string of the molecule is CC(C)(C)[C@H]1COC(c2ccccc2Pc2ccccc2)=N1. The predicted molar refractivity (Wildman–Crippen MR) is 96.2 cm³/mol. The van der Waals surface area contributed by atoms with Gasteiger partial charge in [-0.3, -0.25) is 0 Å². The van der Waals surface area contributed by atoms with Crippen LogP contribution < -0.4 is 10.6 Å². The van der Waals surface area contributed by atoms with Gasteiger partial charge in [0.1, 0.15) is 6.61 Å². The van der Waals surface area contributed by atoms with Crippen LogP contribution in [0.2, 0.25) is 0 Å². The molecule has 2 aromatic rings. The lowest BCUT2D eigenvalue weighted by Gasteiger charge is -2.21. The van der Waals surface area contributed by atoms with Crippen molar-refractivity contribution >= 4 is 25.1 Å². The van der Waals surface area contributed by atoms with Gasteiger partial charge in [-0.1, -0.05) is 77.9 Å². The van der Waals surface area contributed by atoms with Gasteiger partial charge in [-0.2, -0.15) is 0 Å². The summed E-state index contributed by atoms with van der Waals surface area (Å²) in [7, 11) is 0.620. The number of aliphatic imine (C=N–C) groups is 1. The predicted octanol–water partition coefficient (Wildman–Crippen LogP) is 3.51. The Morgan fingerprint density at radius 2 is 1.68 bits per heavy atom. The smallest absolute Gasteiger partial charge is 0.217 e. The minimum atomic E-state index is 0.137. The van der Waals surface area contributed by atoms with Crippen molar-refractivity contribution in [2.45, 2.75) is 26.8 Å². The van der Waals surface area contributed by atoms with Crippen LogP contribution in [0.25, 0.3) is 0 Å². The fourth-order valence-electron chi connectivity index (χ4n) is 2.42. The summed E-state index contributed by atoms with van der Waals surface area (Å²) in [5.41, 5.74) is 1.27. The van der Waals surface area contributed by atoms with Crippen molar-refractivity contribution in [3.63, 3.8) is 0 Å². The van der Waals surface area contributed by atoms with E-state index in [0.29, 0.717) is 15.2 Å². The zero-order valence-electron chi connectivity index (χ0n) is 13.3. The summed E-state index contributed by atoms with van der Waals surface area (Å²) < 4.78 is 5.91. The van der Waals surface area contributed by atoms with Gasteiger partial charge < -0.3 is 4.74 Å². The molecule has 0 fully saturated rings. The van der Waals surface area contributed by atoms with Crippen LogP contribution in [0.4, 0.5) is 0 Å². The van der Waals surface area contributed by atoms with Gasteiger partial charge in [0.25, 0.3) is 0 Å². The Labute approximate surface area is 134 Å². The number of nitrogens with zero attached hydrogens (tertiary/aromatic N) is 1. The van der Waals surface area contributed by atoms with Gasteiger partial charge in [0.2, 0.25) is 5.90 Å². The van der Waals surface area contributed by atoms with Gasteiger partial charge in [-0.15, -0.1) is 0 Å². The zero-order chi connectivity index (χ0) is 15.6. The van der Waals surface area contributed by atoms with Crippen LogP contribution in [-0.4, -0.2) is 18.5 Å². The van der Waals surface area contributed by atoms with Crippen LogP contribution in [0.5, 0.6) is 0 Å². The van der Waals surface area contributed by atoms with E-state index < -0.39 is 0 Å². The molecule has 0 bridgehead atoms. The highest BCUT2D eigenvalue weighted by Gasteiger charge is 2.31. The van der Waals surface area contributed by atoms with Crippen molar-refractivity contribution in [3.05, 3.63) is 60.2 Å². The molecule has 22 heavy (non-hydrogen) atoms. The van der Waals surface area contributed by atoms with E-state index in [1.165, 1.54) is 10.6 Å². The number of benzene rings is 2. The van der Waals surface area contributed by atoms with E-state index in [-0.39, 0.29) is 11.5 Å². The molecule has 1 aliphatic heterocycles. The molecule has 0 saturated carbocycles. The maximum Gasteiger partial charge on any atom is 0.217 e. The Morgan fingerprint density at radius 3 is 2.36 bits per heavy atom. The van der Waals surface area contributed by atoms with E-state index in [4.69, 9.17) is 9.73 Å². The van der Waals surface area contributed by atoms with E-state index in [2.05, 4.69) is 75.4 Å². The molecule has 2 atom stereocenters. The lowest BCUT2D eigenvalue weighted by Crippen LogP contribution is -2.25. The van der Waals surface area contributed by atoms with Crippen LogP contribution in [0.1, 0.15) is 26.3 Å². The summed E-state index contributed by atoms with van der Waals surface area (Å²) >= 11 is 0. The van der Waals surface area contributed by atoms with Crippen molar-refractivity contribution < 1.29 is 4.74 Å². The molecular formula is C19H22NOP. The molecule has 2 nitrogen and oxygen atoms in total. The Hall–Kier alpha value is -1.66. The molecule has 3 heteroatoms. The third-order valence-electron chi connectivity index (χ3n) is 3.86. The summed E-state index contributed by atoms with van der Waals surface area (Å²) in [6, 6.07) is 19.2. The summed E-state index contributed by atoms with van der Waals surface area (Å²) in [6.45, 7) is 7.32. The van der Waals surface area contributed by atoms with Crippen molar-refractivity contribution in [1.82, 2.24) is 0 Å². The van der Waals surface area contributed by atoms with Crippen LogP contribution in [0.15, 0.2) is 59.6 Å². The topological polar surface area (TPSA) is 21.6 Å². The first-order chi connectivity index (χ1) is 10.5.